The Bertz CT molecular complexity index is 353. The maximum absolute atomic E-state index is 11.5. The van der Waals surface area contributed by atoms with Crippen LogP contribution in [0.1, 0.15) is 30.6 Å². The summed E-state index contributed by atoms with van der Waals surface area (Å²) < 4.78 is 4.81. The molecule has 17 heavy (non-hydrogen) atoms. The monoisotopic (exact) mass is 254 g/mol. The molecular weight excluding hydrogens is 236 g/mol. The zero-order valence-corrected chi connectivity index (χ0v) is 10.8. The lowest BCUT2D eigenvalue weighted by molar-refractivity contribution is -0.146. The molecule has 0 amide bonds. The Morgan fingerprint density at radius 1 is 1.65 bits per heavy atom. The Morgan fingerprint density at radius 2 is 2.53 bits per heavy atom. The van der Waals surface area contributed by atoms with Crippen molar-refractivity contribution < 1.29 is 9.53 Å². The number of carbonyl (C=O) groups is 1. The number of hydrogen-bond donors (Lipinski definition) is 1. The Labute approximate surface area is 105 Å². The highest BCUT2D eigenvalue weighted by Crippen LogP contribution is 2.25. The lowest BCUT2D eigenvalue weighted by atomic mass is 9.86. The Hall–Kier alpha value is -0.940. The van der Waals surface area contributed by atoms with Gasteiger partial charge in [0.25, 0.3) is 0 Å². The van der Waals surface area contributed by atoms with Crippen molar-refractivity contribution in [2.45, 2.75) is 38.3 Å². The molecular formula is C12H18N2O2S. The van der Waals surface area contributed by atoms with Crippen LogP contribution in [0.5, 0.6) is 0 Å². The lowest BCUT2D eigenvalue weighted by Gasteiger charge is -2.28. The van der Waals surface area contributed by atoms with Crippen molar-refractivity contribution in [3.8, 4) is 0 Å². The molecule has 0 saturated heterocycles. The van der Waals surface area contributed by atoms with Crippen molar-refractivity contribution in [2.75, 3.05) is 7.11 Å². The summed E-state index contributed by atoms with van der Waals surface area (Å²) in [6, 6.07) is 0.426. The van der Waals surface area contributed by atoms with Crippen LogP contribution in [0, 0.1) is 5.92 Å². The molecule has 2 atom stereocenters. The van der Waals surface area contributed by atoms with E-state index in [0.29, 0.717) is 6.04 Å². The van der Waals surface area contributed by atoms with E-state index in [4.69, 9.17) is 4.74 Å². The van der Waals surface area contributed by atoms with E-state index < -0.39 is 0 Å². The summed E-state index contributed by atoms with van der Waals surface area (Å²) >= 11 is 1.66. The lowest BCUT2D eigenvalue weighted by Crippen LogP contribution is -2.36. The summed E-state index contributed by atoms with van der Waals surface area (Å²) in [5.74, 6) is 0.0157. The summed E-state index contributed by atoms with van der Waals surface area (Å²) in [6.45, 7) is 0.850. The Kier molecular flexibility index (Phi) is 4.50. The van der Waals surface area contributed by atoms with Gasteiger partial charge in [0, 0.05) is 23.7 Å². The molecule has 2 unspecified atom stereocenters. The van der Waals surface area contributed by atoms with E-state index in [9.17, 15) is 4.79 Å². The second kappa shape index (κ2) is 6.12. The van der Waals surface area contributed by atoms with Gasteiger partial charge in [0.15, 0.2) is 0 Å². The topological polar surface area (TPSA) is 51.2 Å². The van der Waals surface area contributed by atoms with Crippen molar-refractivity contribution in [3.05, 3.63) is 16.6 Å². The van der Waals surface area contributed by atoms with Crippen LogP contribution in [-0.4, -0.2) is 24.1 Å². The highest BCUT2D eigenvalue weighted by atomic mass is 32.1. The summed E-state index contributed by atoms with van der Waals surface area (Å²) in [4.78, 5) is 16.8. The van der Waals surface area contributed by atoms with Gasteiger partial charge in [0.2, 0.25) is 0 Å². The number of hydrogen-bond acceptors (Lipinski definition) is 5. The molecule has 0 bridgehead atoms. The van der Waals surface area contributed by atoms with Crippen molar-refractivity contribution >= 4 is 17.3 Å². The number of rotatable bonds is 4. The van der Waals surface area contributed by atoms with Gasteiger partial charge in [-0.1, -0.05) is 6.42 Å². The van der Waals surface area contributed by atoms with Crippen LogP contribution in [0.3, 0.4) is 0 Å². The second-order valence-corrected chi connectivity index (χ2v) is 5.40. The molecule has 1 heterocycles. The van der Waals surface area contributed by atoms with Crippen LogP contribution in [-0.2, 0) is 16.1 Å². The van der Waals surface area contributed by atoms with Crippen LogP contribution < -0.4 is 5.32 Å². The van der Waals surface area contributed by atoms with E-state index in [-0.39, 0.29) is 11.9 Å². The third-order valence-electron chi connectivity index (χ3n) is 3.26. The van der Waals surface area contributed by atoms with Gasteiger partial charge in [-0.3, -0.25) is 9.78 Å². The van der Waals surface area contributed by atoms with Crippen LogP contribution in [0.25, 0.3) is 0 Å². The third kappa shape index (κ3) is 3.51. The molecule has 4 nitrogen and oxygen atoms in total. The molecule has 1 N–H and O–H groups in total. The summed E-state index contributed by atoms with van der Waals surface area (Å²) in [7, 11) is 1.47. The summed E-state index contributed by atoms with van der Waals surface area (Å²) in [6.07, 6.45) is 5.99. The van der Waals surface area contributed by atoms with Crippen LogP contribution in [0.4, 0.5) is 0 Å². The average Bonchev–Trinajstić information content (AvgIpc) is 2.89. The van der Waals surface area contributed by atoms with Crippen molar-refractivity contribution in [2.24, 2.45) is 5.92 Å². The first-order valence-corrected chi connectivity index (χ1v) is 6.86. The van der Waals surface area contributed by atoms with E-state index in [1.54, 1.807) is 11.3 Å². The molecule has 0 aliphatic heterocycles. The summed E-state index contributed by atoms with van der Waals surface area (Å²) in [5, 5.41) is 3.50. The maximum Gasteiger partial charge on any atom is 0.308 e. The molecule has 2 rings (SSSR count). The quantitative estimate of drug-likeness (QED) is 0.835. The Balaban J connectivity index is 1.79. The number of esters is 1. The fourth-order valence-electron chi connectivity index (χ4n) is 2.33. The zero-order valence-electron chi connectivity index (χ0n) is 10.0. The normalized spacial score (nSPS) is 24.5. The van der Waals surface area contributed by atoms with Crippen LogP contribution >= 0.6 is 11.3 Å². The number of carbonyl (C=O) groups excluding carboxylic acids is 1. The average molecular weight is 254 g/mol. The predicted molar refractivity (Wildman–Crippen MR) is 66.7 cm³/mol. The van der Waals surface area contributed by atoms with E-state index in [0.717, 1.165) is 32.2 Å². The first-order valence-electron chi connectivity index (χ1n) is 5.98. The first-order chi connectivity index (χ1) is 8.29. The number of aromatic nitrogens is 1. The predicted octanol–water partition coefficient (Wildman–Crippen LogP) is 1.96. The van der Waals surface area contributed by atoms with Gasteiger partial charge in [-0.05, 0) is 19.3 Å². The molecule has 0 aromatic carbocycles. The molecule has 5 heteroatoms. The molecule has 1 aromatic rings. The third-order valence-corrected chi connectivity index (χ3v) is 4.04. The number of methoxy groups -OCH3 is 1. The van der Waals surface area contributed by atoms with E-state index >= 15 is 0 Å². The first kappa shape index (κ1) is 12.5. The van der Waals surface area contributed by atoms with Crippen LogP contribution in [0.15, 0.2) is 11.7 Å². The molecule has 0 spiro atoms. The van der Waals surface area contributed by atoms with Gasteiger partial charge >= 0.3 is 5.97 Å². The minimum Gasteiger partial charge on any atom is -0.469 e. The molecule has 0 radical (unpaired) electrons. The summed E-state index contributed by atoms with van der Waals surface area (Å²) in [5.41, 5.74) is 1.84. The minimum atomic E-state index is -0.0608. The molecule has 1 aliphatic carbocycles. The fraction of sp³-hybridized carbons (Fsp3) is 0.667. The zero-order chi connectivity index (χ0) is 12.1. The number of thiazole rings is 1. The maximum atomic E-state index is 11.5. The van der Waals surface area contributed by atoms with E-state index in [2.05, 4.69) is 10.3 Å². The number of nitrogens with one attached hydrogen (secondary N) is 1. The van der Waals surface area contributed by atoms with E-state index in [1.807, 2.05) is 11.7 Å². The minimum absolute atomic E-state index is 0.0608. The SMILES string of the molecule is COC(=O)C1CCCC(NCc2cncs2)C1. The second-order valence-electron chi connectivity index (χ2n) is 4.43. The Morgan fingerprint density at radius 3 is 3.24 bits per heavy atom. The van der Waals surface area contributed by atoms with Crippen molar-refractivity contribution in [3.63, 3.8) is 0 Å². The molecule has 1 saturated carbocycles. The van der Waals surface area contributed by atoms with Crippen LogP contribution in [0.2, 0.25) is 0 Å². The van der Waals surface area contributed by atoms with Gasteiger partial charge < -0.3 is 10.1 Å². The molecule has 1 aromatic heterocycles. The smallest absolute Gasteiger partial charge is 0.308 e. The van der Waals surface area contributed by atoms with Gasteiger partial charge in [0.1, 0.15) is 0 Å². The van der Waals surface area contributed by atoms with Gasteiger partial charge in [0.05, 0.1) is 18.5 Å². The largest absolute Gasteiger partial charge is 0.469 e. The molecule has 1 aliphatic rings. The number of nitrogens with zero attached hydrogens (tertiary/aromatic N) is 1. The van der Waals surface area contributed by atoms with Crippen molar-refractivity contribution in [1.82, 2.24) is 10.3 Å². The number of ether oxygens (including phenoxy) is 1. The molecule has 1 fully saturated rings. The highest BCUT2D eigenvalue weighted by Gasteiger charge is 2.27. The van der Waals surface area contributed by atoms with Gasteiger partial charge in [-0.25, -0.2) is 0 Å². The fourth-order valence-corrected chi connectivity index (χ4v) is 2.88. The van der Waals surface area contributed by atoms with Gasteiger partial charge in [-0.2, -0.15) is 0 Å². The van der Waals surface area contributed by atoms with Gasteiger partial charge in [-0.15, -0.1) is 11.3 Å². The van der Waals surface area contributed by atoms with Crippen molar-refractivity contribution in [1.29, 1.82) is 0 Å². The standard InChI is InChI=1S/C12H18N2O2S/c1-16-12(15)9-3-2-4-10(5-9)14-7-11-6-13-8-17-11/h6,8-10,14H,2-5,7H2,1H3. The molecule has 94 valence electrons. The highest BCUT2D eigenvalue weighted by molar-refractivity contribution is 7.09. The van der Waals surface area contributed by atoms with E-state index in [1.165, 1.54) is 12.0 Å².